The van der Waals surface area contributed by atoms with Crippen LogP contribution in [0.5, 0.6) is 0 Å². The molecule has 1 amide bonds. The molecule has 2 aromatic rings. The van der Waals surface area contributed by atoms with Gasteiger partial charge in [-0.15, -0.1) is 11.3 Å². The topological polar surface area (TPSA) is 76.1 Å². The van der Waals surface area contributed by atoms with Crippen LogP contribution < -0.4 is 5.32 Å². The Labute approximate surface area is 135 Å². The maximum absolute atomic E-state index is 13.7. The van der Waals surface area contributed by atoms with E-state index in [0.717, 1.165) is 23.5 Å². The van der Waals surface area contributed by atoms with Crippen molar-refractivity contribution in [2.75, 3.05) is 16.8 Å². The largest absolute Gasteiger partial charge is 0.302 e. The lowest BCUT2D eigenvalue weighted by Gasteiger charge is -2.06. The van der Waals surface area contributed by atoms with E-state index in [9.17, 15) is 22.0 Å². The summed E-state index contributed by atoms with van der Waals surface area (Å²) in [7, 11) is -3.16. The molecule has 9 heteroatoms. The van der Waals surface area contributed by atoms with Gasteiger partial charge in [0.25, 0.3) is 0 Å². The average Bonchev–Trinajstić information content (AvgIpc) is 3.05. The second-order valence-electron chi connectivity index (χ2n) is 5.22. The van der Waals surface area contributed by atoms with Gasteiger partial charge in [-0.3, -0.25) is 4.79 Å². The lowest BCUT2D eigenvalue weighted by molar-refractivity contribution is -0.119. The first-order valence-corrected chi connectivity index (χ1v) is 9.47. The van der Waals surface area contributed by atoms with E-state index in [1.807, 2.05) is 0 Å². The van der Waals surface area contributed by atoms with E-state index in [1.54, 1.807) is 0 Å². The van der Waals surface area contributed by atoms with Crippen molar-refractivity contribution in [3.05, 3.63) is 35.2 Å². The molecule has 1 aromatic heterocycles. The highest BCUT2D eigenvalue weighted by atomic mass is 32.2. The summed E-state index contributed by atoms with van der Waals surface area (Å²) in [6, 6.07) is 3.50. The SMILES string of the molecule is O=C(Nc1nc(-c2c(F)cccc2F)cs1)[C@@H]1CCS(=O)(=O)C1. The first kappa shape index (κ1) is 16.0. The summed E-state index contributed by atoms with van der Waals surface area (Å²) < 4.78 is 50.2. The third-order valence-electron chi connectivity index (χ3n) is 3.56. The van der Waals surface area contributed by atoms with Crippen molar-refractivity contribution in [1.82, 2.24) is 4.98 Å². The van der Waals surface area contributed by atoms with E-state index in [0.29, 0.717) is 0 Å². The Morgan fingerprint density at radius 1 is 1.30 bits per heavy atom. The van der Waals surface area contributed by atoms with Crippen molar-refractivity contribution in [3.63, 3.8) is 0 Å². The maximum atomic E-state index is 13.7. The quantitative estimate of drug-likeness (QED) is 0.914. The highest BCUT2D eigenvalue weighted by Gasteiger charge is 2.33. The fourth-order valence-electron chi connectivity index (χ4n) is 2.40. The van der Waals surface area contributed by atoms with Crippen LogP contribution in [0.25, 0.3) is 11.3 Å². The van der Waals surface area contributed by atoms with E-state index in [-0.39, 0.29) is 34.3 Å². The van der Waals surface area contributed by atoms with E-state index >= 15 is 0 Å². The molecular formula is C14H12F2N2O3S2. The first-order valence-electron chi connectivity index (χ1n) is 6.77. The minimum atomic E-state index is -3.16. The van der Waals surface area contributed by atoms with Gasteiger partial charge in [-0.1, -0.05) is 6.07 Å². The number of benzene rings is 1. The number of rotatable bonds is 3. The van der Waals surface area contributed by atoms with Gasteiger partial charge in [0.1, 0.15) is 11.6 Å². The molecule has 1 N–H and O–H groups in total. The van der Waals surface area contributed by atoms with E-state index in [1.165, 1.54) is 11.4 Å². The number of hydrogen-bond acceptors (Lipinski definition) is 5. The molecular weight excluding hydrogens is 346 g/mol. The number of thiazole rings is 1. The van der Waals surface area contributed by atoms with Gasteiger partial charge in [-0.2, -0.15) is 0 Å². The summed E-state index contributed by atoms with van der Waals surface area (Å²) in [6.45, 7) is 0. The molecule has 0 radical (unpaired) electrons. The maximum Gasteiger partial charge on any atom is 0.230 e. The predicted molar refractivity (Wildman–Crippen MR) is 82.9 cm³/mol. The highest BCUT2D eigenvalue weighted by molar-refractivity contribution is 7.91. The lowest BCUT2D eigenvalue weighted by atomic mass is 10.1. The van der Waals surface area contributed by atoms with Crippen LogP contribution >= 0.6 is 11.3 Å². The Balaban J connectivity index is 1.77. The summed E-state index contributed by atoms with van der Waals surface area (Å²) in [6.07, 6.45) is 0.272. The van der Waals surface area contributed by atoms with Crippen molar-refractivity contribution in [2.24, 2.45) is 5.92 Å². The van der Waals surface area contributed by atoms with Gasteiger partial charge >= 0.3 is 0 Å². The summed E-state index contributed by atoms with van der Waals surface area (Å²) in [5.41, 5.74) is -0.173. The molecule has 23 heavy (non-hydrogen) atoms. The van der Waals surface area contributed by atoms with Gasteiger partial charge < -0.3 is 5.32 Å². The molecule has 1 saturated heterocycles. The molecule has 5 nitrogen and oxygen atoms in total. The Hall–Kier alpha value is -1.87. The number of hydrogen-bond donors (Lipinski definition) is 1. The van der Waals surface area contributed by atoms with Gasteiger partial charge in [0, 0.05) is 5.38 Å². The molecule has 1 aliphatic rings. The zero-order valence-corrected chi connectivity index (χ0v) is 13.4. The number of carbonyl (C=O) groups is 1. The standard InChI is InChI=1S/C14H12F2N2O3S2/c15-9-2-1-3-10(16)12(9)11-6-22-14(17-11)18-13(19)8-4-5-23(20,21)7-8/h1-3,6,8H,4-5,7H2,(H,17,18,19)/t8-/m1/s1. The zero-order chi connectivity index (χ0) is 16.6. The van der Waals surface area contributed by atoms with Crippen LogP contribution in [0.4, 0.5) is 13.9 Å². The first-order chi connectivity index (χ1) is 10.9. The number of aromatic nitrogens is 1. The third-order valence-corrected chi connectivity index (χ3v) is 6.08. The summed E-state index contributed by atoms with van der Waals surface area (Å²) >= 11 is 1.02. The summed E-state index contributed by atoms with van der Waals surface area (Å²) in [4.78, 5) is 16.0. The van der Waals surface area contributed by atoms with Crippen LogP contribution in [0, 0.1) is 17.6 Å². The normalized spacial score (nSPS) is 19.7. The van der Waals surface area contributed by atoms with Crippen LogP contribution in [0.1, 0.15) is 6.42 Å². The molecule has 0 saturated carbocycles. The number of anilines is 1. The van der Waals surface area contributed by atoms with Gasteiger partial charge in [0.15, 0.2) is 15.0 Å². The van der Waals surface area contributed by atoms with Crippen molar-refractivity contribution >= 4 is 32.2 Å². The zero-order valence-electron chi connectivity index (χ0n) is 11.8. The van der Waals surface area contributed by atoms with Gasteiger partial charge in [-0.25, -0.2) is 22.2 Å². The van der Waals surface area contributed by atoms with E-state index < -0.39 is 33.3 Å². The molecule has 2 heterocycles. The van der Waals surface area contributed by atoms with Crippen molar-refractivity contribution in [3.8, 4) is 11.3 Å². The van der Waals surface area contributed by atoms with Crippen molar-refractivity contribution in [1.29, 1.82) is 0 Å². The average molecular weight is 358 g/mol. The molecule has 1 atom stereocenters. The minimum Gasteiger partial charge on any atom is -0.302 e. The minimum absolute atomic E-state index is 0.00531. The molecule has 1 aliphatic heterocycles. The van der Waals surface area contributed by atoms with Crippen molar-refractivity contribution < 1.29 is 22.0 Å². The van der Waals surface area contributed by atoms with Gasteiger partial charge in [0.05, 0.1) is 28.7 Å². The molecule has 3 rings (SSSR count). The molecule has 0 unspecified atom stereocenters. The van der Waals surface area contributed by atoms with Crippen molar-refractivity contribution in [2.45, 2.75) is 6.42 Å². The monoisotopic (exact) mass is 358 g/mol. The lowest BCUT2D eigenvalue weighted by Crippen LogP contribution is -2.23. The van der Waals surface area contributed by atoms with Gasteiger partial charge in [0.2, 0.25) is 5.91 Å². The highest BCUT2D eigenvalue weighted by Crippen LogP contribution is 2.30. The van der Waals surface area contributed by atoms with Crippen LogP contribution in [0.2, 0.25) is 0 Å². The number of amides is 1. The Bertz CT molecular complexity index is 844. The summed E-state index contributed by atoms with van der Waals surface area (Å²) in [5, 5.41) is 4.12. The molecule has 1 fully saturated rings. The predicted octanol–water partition coefficient (Wildman–Crippen LogP) is 2.46. The van der Waals surface area contributed by atoms with Crippen LogP contribution in [0.3, 0.4) is 0 Å². The Kier molecular flexibility index (Phi) is 4.15. The fourth-order valence-corrected chi connectivity index (χ4v) is 4.84. The number of carbonyl (C=O) groups excluding carboxylic acids is 1. The number of sulfone groups is 1. The number of nitrogens with one attached hydrogen (secondary N) is 1. The number of nitrogens with zero attached hydrogens (tertiary/aromatic N) is 1. The van der Waals surface area contributed by atoms with Crippen LogP contribution in [0.15, 0.2) is 23.6 Å². The smallest absolute Gasteiger partial charge is 0.230 e. The molecule has 0 spiro atoms. The summed E-state index contributed by atoms with van der Waals surface area (Å²) in [5.74, 6) is -2.73. The van der Waals surface area contributed by atoms with E-state index in [4.69, 9.17) is 0 Å². The Morgan fingerprint density at radius 3 is 2.61 bits per heavy atom. The molecule has 1 aromatic carbocycles. The van der Waals surface area contributed by atoms with Crippen LogP contribution in [-0.2, 0) is 14.6 Å². The number of halogens is 2. The third kappa shape index (κ3) is 3.40. The molecule has 0 bridgehead atoms. The molecule has 122 valence electrons. The van der Waals surface area contributed by atoms with Crippen LogP contribution in [-0.4, -0.2) is 30.8 Å². The second kappa shape index (κ2) is 5.97. The van der Waals surface area contributed by atoms with E-state index in [2.05, 4.69) is 10.3 Å². The van der Waals surface area contributed by atoms with Gasteiger partial charge in [-0.05, 0) is 18.6 Å². The Morgan fingerprint density at radius 2 is 2.00 bits per heavy atom. The second-order valence-corrected chi connectivity index (χ2v) is 8.31. The fraction of sp³-hybridized carbons (Fsp3) is 0.286. The molecule has 0 aliphatic carbocycles.